The van der Waals surface area contributed by atoms with Gasteiger partial charge in [0.15, 0.2) is 0 Å². The normalized spacial score (nSPS) is 8.67. The second-order valence-corrected chi connectivity index (χ2v) is 1.24. The molecule has 0 aliphatic heterocycles. The van der Waals surface area contributed by atoms with E-state index >= 15 is 0 Å². The van der Waals surface area contributed by atoms with Crippen LogP contribution >= 0.6 is 0 Å². The zero-order chi connectivity index (χ0) is 7.11. The lowest BCUT2D eigenvalue weighted by atomic mass is 10.8. The molecule has 0 heterocycles. The van der Waals surface area contributed by atoms with Crippen molar-refractivity contribution in [1.29, 1.82) is 0 Å². The molecule has 0 aromatic rings. The summed E-state index contributed by atoms with van der Waals surface area (Å²) < 4.78 is 8.60. The van der Waals surface area contributed by atoms with E-state index in [9.17, 15) is 9.90 Å². The summed E-state index contributed by atoms with van der Waals surface area (Å²) in [5.74, 6) is 0. The van der Waals surface area contributed by atoms with Crippen LogP contribution in [0.5, 0.6) is 0 Å². The second-order valence-electron chi connectivity index (χ2n) is 1.24. The average Bonchev–Trinajstić information content (AvgIpc) is 1.85. The summed E-state index contributed by atoms with van der Waals surface area (Å²) in [5.41, 5.74) is 0. The van der Waals surface area contributed by atoms with Gasteiger partial charge in [-0.15, -0.1) is 0 Å². The van der Waals surface area contributed by atoms with Gasteiger partial charge in [0.05, 0.1) is 6.61 Å². The predicted molar refractivity (Wildman–Crippen MR) is 28.5 cm³/mol. The van der Waals surface area contributed by atoms with Crippen molar-refractivity contribution in [3.63, 3.8) is 0 Å². The minimum absolute atomic E-state index is 0.112. The van der Waals surface area contributed by atoms with Crippen LogP contribution in [0.4, 0.5) is 4.79 Å². The molecule has 4 heteroatoms. The third-order valence-electron chi connectivity index (χ3n) is 0.565. The number of carbonyl (C=O) groups excluding carboxylic acids is 1. The van der Waals surface area contributed by atoms with Crippen molar-refractivity contribution in [3.05, 3.63) is 0 Å². The van der Waals surface area contributed by atoms with Crippen LogP contribution in [0.15, 0.2) is 0 Å². The SMILES string of the molecule is CCOC(=O)OCC[O]. The maximum Gasteiger partial charge on any atom is 0.508 e. The Bertz CT molecular complexity index is 81.0. The van der Waals surface area contributed by atoms with Crippen molar-refractivity contribution in [2.24, 2.45) is 0 Å². The van der Waals surface area contributed by atoms with Crippen LogP contribution in [0.3, 0.4) is 0 Å². The first-order valence-electron chi connectivity index (χ1n) is 2.69. The van der Waals surface area contributed by atoms with Gasteiger partial charge in [0.2, 0.25) is 0 Å². The maximum atomic E-state index is 10.2. The fourth-order valence-electron chi connectivity index (χ4n) is 0.285. The Morgan fingerprint density at radius 1 is 1.44 bits per heavy atom. The Morgan fingerprint density at radius 3 is 2.56 bits per heavy atom. The van der Waals surface area contributed by atoms with Crippen molar-refractivity contribution in [1.82, 2.24) is 0 Å². The largest absolute Gasteiger partial charge is 0.508 e. The Hall–Kier alpha value is -0.770. The molecule has 0 aromatic heterocycles. The third kappa shape index (κ3) is 5.10. The van der Waals surface area contributed by atoms with Gasteiger partial charge < -0.3 is 9.47 Å². The summed E-state index contributed by atoms with van der Waals surface area (Å²) in [4.78, 5) is 10.2. The van der Waals surface area contributed by atoms with Gasteiger partial charge >= 0.3 is 6.16 Å². The Labute approximate surface area is 53.4 Å². The second kappa shape index (κ2) is 5.37. The van der Waals surface area contributed by atoms with Crippen LogP contribution in [0, 0.1) is 0 Å². The molecule has 0 bridgehead atoms. The molecule has 0 saturated heterocycles. The molecule has 9 heavy (non-hydrogen) atoms. The molecule has 0 aromatic carbocycles. The van der Waals surface area contributed by atoms with E-state index in [2.05, 4.69) is 9.47 Å². The molecule has 0 amide bonds. The van der Waals surface area contributed by atoms with Crippen LogP contribution in [0.2, 0.25) is 0 Å². The highest BCUT2D eigenvalue weighted by Crippen LogP contribution is 1.82. The Kier molecular flexibility index (Phi) is 4.91. The van der Waals surface area contributed by atoms with E-state index in [0.717, 1.165) is 0 Å². The third-order valence-corrected chi connectivity index (χ3v) is 0.565. The van der Waals surface area contributed by atoms with E-state index in [1.807, 2.05) is 0 Å². The van der Waals surface area contributed by atoms with E-state index in [1.54, 1.807) is 6.92 Å². The molecule has 0 aliphatic rings. The van der Waals surface area contributed by atoms with Crippen molar-refractivity contribution in [3.8, 4) is 0 Å². The summed E-state index contributed by atoms with van der Waals surface area (Å²) in [6.07, 6.45) is -0.770. The zero-order valence-corrected chi connectivity index (χ0v) is 5.25. The molecule has 0 N–H and O–H groups in total. The number of rotatable bonds is 3. The summed E-state index contributed by atoms with van der Waals surface area (Å²) in [7, 11) is 0. The molecule has 1 radical (unpaired) electrons. The number of hydrogen-bond acceptors (Lipinski definition) is 3. The molecule has 0 unspecified atom stereocenters. The zero-order valence-electron chi connectivity index (χ0n) is 5.25. The van der Waals surface area contributed by atoms with Gasteiger partial charge in [0, 0.05) is 0 Å². The van der Waals surface area contributed by atoms with E-state index in [4.69, 9.17) is 0 Å². The molecule has 53 valence electrons. The van der Waals surface area contributed by atoms with Crippen molar-refractivity contribution in [2.75, 3.05) is 19.8 Å². The predicted octanol–water partition coefficient (Wildman–Crippen LogP) is 0.590. The molecule has 0 aliphatic carbocycles. The van der Waals surface area contributed by atoms with E-state index in [0.29, 0.717) is 0 Å². The lowest BCUT2D eigenvalue weighted by Crippen LogP contribution is -2.09. The molecule has 4 nitrogen and oxygen atoms in total. The fraction of sp³-hybridized carbons (Fsp3) is 0.800. The first-order chi connectivity index (χ1) is 4.31. The Balaban J connectivity index is 3.06. The monoisotopic (exact) mass is 133 g/mol. The maximum absolute atomic E-state index is 10.2. The summed E-state index contributed by atoms with van der Waals surface area (Å²) in [6.45, 7) is 1.41. The van der Waals surface area contributed by atoms with Crippen LogP contribution in [-0.4, -0.2) is 26.0 Å². The van der Waals surface area contributed by atoms with Crippen LogP contribution < -0.4 is 0 Å². The Morgan fingerprint density at radius 2 is 2.11 bits per heavy atom. The molecular formula is C5H9O4. The molecule has 0 saturated carbocycles. The lowest BCUT2D eigenvalue weighted by Gasteiger charge is -1.99. The summed E-state index contributed by atoms with van der Waals surface area (Å²) in [6, 6.07) is 0. The standard InChI is InChI=1S/C5H9O4/c1-2-8-5(7)9-4-3-6/h2-4H2,1H3. The molecular weight excluding hydrogens is 124 g/mol. The highest BCUT2D eigenvalue weighted by Gasteiger charge is 1.98. The van der Waals surface area contributed by atoms with Crippen LogP contribution in [-0.2, 0) is 14.6 Å². The van der Waals surface area contributed by atoms with Crippen LogP contribution in [0.25, 0.3) is 0 Å². The van der Waals surface area contributed by atoms with E-state index in [-0.39, 0.29) is 13.2 Å². The van der Waals surface area contributed by atoms with Gasteiger partial charge in [-0.25, -0.2) is 9.90 Å². The number of hydrogen-bond donors (Lipinski definition) is 0. The highest BCUT2D eigenvalue weighted by atomic mass is 16.7. The van der Waals surface area contributed by atoms with Gasteiger partial charge in [-0.2, -0.15) is 0 Å². The lowest BCUT2D eigenvalue weighted by molar-refractivity contribution is 0.0360. The molecule has 0 fully saturated rings. The van der Waals surface area contributed by atoms with Crippen LogP contribution in [0.1, 0.15) is 6.92 Å². The minimum Gasteiger partial charge on any atom is -0.435 e. The van der Waals surface area contributed by atoms with Gasteiger partial charge in [-0.1, -0.05) is 0 Å². The minimum atomic E-state index is -0.770. The first kappa shape index (κ1) is 8.23. The van der Waals surface area contributed by atoms with Crippen molar-refractivity contribution < 1.29 is 19.4 Å². The number of carbonyl (C=O) groups is 1. The van der Waals surface area contributed by atoms with Gasteiger partial charge in [-0.3, -0.25) is 0 Å². The smallest absolute Gasteiger partial charge is 0.435 e. The van der Waals surface area contributed by atoms with E-state index < -0.39 is 12.8 Å². The quantitative estimate of drug-likeness (QED) is 0.529. The first-order valence-corrected chi connectivity index (χ1v) is 2.69. The molecule has 0 rings (SSSR count). The summed E-state index contributed by atoms with van der Waals surface area (Å²) in [5, 5.41) is 9.71. The highest BCUT2D eigenvalue weighted by molar-refractivity contribution is 5.59. The van der Waals surface area contributed by atoms with Gasteiger partial charge in [0.25, 0.3) is 0 Å². The van der Waals surface area contributed by atoms with E-state index in [1.165, 1.54) is 0 Å². The van der Waals surface area contributed by atoms with Gasteiger partial charge in [0.1, 0.15) is 13.2 Å². The molecule has 0 atom stereocenters. The van der Waals surface area contributed by atoms with Gasteiger partial charge in [-0.05, 0) is 6.92 Å². The summed E-state index contributed by atoms with van der Waals surface area (Å²) >= 11 is 0. The number of ether oxygens (including phenoxy) is 2. The van der Waals surface area contributed by atoms with Crippen molar-refractivity contribution in [2.45, 2.75) is 6.92 Å². The fourth-order valence-corrected chi connectivity index (χ4v) is 0.285. The molecule has 0 spiro atoms. The van der Waals surface area contributed by atoms with Crippen molar-refractivity contribution >= 4 is 6.16 Å². The topological polar surface area (TPSA) is 55.4 Å². The average molecular weight is 133 g/mol.